The Morgan fingerprint density at radius 1 is 1.23 bits per heavy atom. The molecule has 0 unspecified atom stereocenters. The normalized spacial score (nSPS) is 19.2. The number of unbranched alkanes of at least 4 members (excludes halogenated alkanes) is 1. The highest BCUT2D eigenvalue weighted by Gasteiger charge is 2.13. The van der Waals surface area contributed by atoms with E-state index in [1.54, 1.807) is 0 Å². The summed E-state index contributed by atoms with van der Waals surface area (Å²) >= 11 is 0. The monoisotopic (exact) mass is 187 g/mol. The lowest BCUT2D eigenvalue weighted by molar-refractivity contribution is 0.0200. The fourth-order valence-corrected chi connectivity index (χ4v) is 1.51. The van der Waals surface area contributed by atoms with Gasteiger partial charge in [-0.1, -0.05) is 0 Å². The minimum Gasteiger partial charge on any atom is -0.381 e. The predicted octanol–water partition coefficient (Wildman–Crippen LogP) is 1.17. The van der Waals surface area contributed by atoms with Crippen LogP contribution in [0.15, 0.2) is 0 Å². The van der Waals surface area contributed by atoms with Crippen LogP contribution in [0, 0.1) is 5.92 Å². The first-order valence-electron chi connectivity index (χ1n) is 5.29. The Morgan fingerprint density at radius 3 is 2.69 bits per heavy atom. The molecular formula is C10H21NO2. The third-order valence-corrected chi connectivity index (χ3v) is 2.44. The molecule has 0 aromatic rings. The largest absolute Gasteiger partial charge is 0.381 e. The fourth-order valence-electron chi connectivity index (χ4n) is 1.51. The molecule has 0 atom stereocenters. The quantitative estimate of drug-likeness (QED) is 0.635. The molecule has 1 aliphatic heterocycles. The van der Waals surface area contributed by atoms with Crippen LogP contribution < -0.4 is 5.73 Å². The maximum Gasteiger partial charge on any atom is 0.0495 e. The summed E-state index contributed by atoms with van der Waals surface area (Å²) in [6.07, 6.45) is 4.50. The summed E-state index contributed by atoms with van der Waals surface area (Å²) in [7, 11) is 0. The van der Waals surface area contributed by atoms with Crippen molar-refractivity contribution in [3.63, 3.8) is 0 Å². The van der Waals surface area contributed by atoms with Crippen LogP contribution >= 0.6 is 0 Å². The Hall–Kier alpha value is -0.120. The number of hydrogen-bond donors (Lipinski definition) is 1. The third kappa shape index (κ3) is 5.24. The van der Waals surface area contributed by atoms with Gasteiger partial charge in [-0.05, 0) is 38.1 Å². The molecule has 0 radical (unpaired) electrons. The Labute approximate surface area is 80.6 Å². The van der Waals surface area contributed by atoms with E-state index in [1.807, 2.05) is 0 Å². The van der Waals surface area contributed by atoms with E-state index >= 15 is 0 Å². The molecule has 0 bridgehead atoms. The molecule has 1 saturated heterocycles. The van der Waals surface area contributed by atoms with E-state index in [-0.39, 0.29) is 0 Å². The van der Waals surface area contributed by atoms with Gasteiger partial charge in [0.05, 0.1) is 0 Å². The standard InChI is InChI=1S/C10H21NO2/c11-5-1-2-6-13-9-10-3-7-12-8-4-10/h10H,1-9,11H2. The molecule has 0 spiro atoms. The van der Waals surface area contributed by atoms with Crippen LogP contribution in [0.25, 0.3) is 0 Å². The molecular weight excluding hydrogens is 166 g/mol. The molecule has 78 valence electrons. The van der Waals surface area contributed by atoms with Crippen molar-refractivity contribution in [3.05, 3.63) is 0 Å². The van der Waals surface area contributed by atoms with E-state index in [1.165, 1.54) is 0 Å². The van der Waals surface area contributed by atoms with Crippen molar-refractivity contribution in [2.45, 2.75) is 25.7 Å². The highest BCUT2D eigenvalue weighted by atomic mass is 16.5. The van der Waals surface area contributed by atoms with Gasteiger partial charge in [0.25, 0.3) is 0 Å². The van der Waals surface area contributed by atoms with E-state index in [9.17, 15) is 0 Å². The molecule has 1 aliphatic rings. The van der Waals surface area contributed by atoms with Crippen LogP contribution in [-0.2, 0) is 9.47 Å². The van der Waals surface area contributed by atoms with Gasteiger partial charge in [0, 0.05) is 26.4 Å². The maximum absolute atomic E-state index is 5.56. The molecule has 1 heterocycles. The maximum atomic E-state index is 5.56. The lowest BCUT2D eigenvalue weighted by Gasteiger charge is -2.21. The van der Waals surface area contributed by atoms with E-state index in [4.69, 9.17) is 15.2 Å². The van der Waals surface area contributed by atoms with E-state index in [0.29, 0.717) is 0 Å². The summed E-state index contributed by atoms with van der Waals surface area (Å²) in [6.45, 7) is 4.39. The van der Waals surface area contributed by atoms with Gasteiger partial charge >= 0.3 is 0 Å². The molecule has 0 saturated carbocycles. The minimum atomic E-state index is 0.728. The van der Waals surface area contributed by atoms with Crippen LogP contribution in [0.1, 0.15) is 25.7 Å². The Balaban J connectivity index is 1.86. The summed E-state index contributed by atoms with van der Waals surface area (Å²) < 4.78 is 10.8. The zero-order chi connectivity index (χ0) is 9.36. The van der Waals surface area contributed by atoms with Crippen LogP contribution in [0.5, 0.6) is 0 Å². The minimum absolute atomic E-state index is 0.728. The number of nitrogens with two attached hydrogens (primary N) is 1. The SMILES string of the molecule is NCCCCOCC1CCOCC1. The van der Waals surface area contributed by atoms with Crippen molar-refractivity contribution in [2.75, 3.05) is 33.0 Å². The summed E-state index contributed by atoms with van der Waals surface area (Å²) in [5.74, 6) is 0.728. The van der Waals surface area contributed by atoms with Crippen LogP contribution in [-0.4, -0.2) is 33.0 Å². The summed E-state index contributed by atoms with van der Waals surface area (Å²) in [5.41, 5.74) is 5.38. The Morgan fingerprint density at radius 2 is 2.00 bits per heavy atom. The van der Waals surface area contributed by atoms with E-state index < -0.39 is 0 Å². The Kier molecular flexibility index (Phi) is 6.15. The van der Waals surface area contributed by atoms with Gasteiger partial charge in [-0.25, -0.2) is 0 Å². The van der Waals surface area contributed by atoms with Gasteiger partial charge in [-0.2, -0.15) is 0 Å². The lowest BCUT2D eigenvalue weighted by atomic mass is 10.0. The highest BCUT2D eigenvalue weighted by molar-refractivity contribution is 4.62. The first-order chi connectivity index (χ1) is 6.43. The average Bonchev–Trinajstić information content (AvgIpc) is 2.19. The molecule has 2 N–H and O–H groups in total. The first-order valence-corrected chi connectivity index (χ1v) is 5.29. The smallest absolute Gasteiger partial charge is 0.0495 e. The molecule has 3 nitrogen and oxygen atoms in total. The number of hydrogen-bond acceptors (Lipinski definition) is 3. The topological polar surface area (TPSA) is 44.5 Å². The second-order valence-electron chi connectivity index (χ2n) is 3.63. The lowest BCUT2D eigenvalue weighted by Crippen LogP contribution is -2.20. The zero-order valence-electron chi connectivity index (χ0n) is 8.34. The molecule has 0 aromatic carbocycles. The summed E-state index contributed by atoms with van der Waals surface area (Å²) in [4.78, 5) is 0. The second-order valence-corrected chi connectivity index (χ2v) is 3.63. The fraction of sp³-hybridized carbons (Fsp3) is 1.00. The summed E-state index contributed by atoms with van der Waals surface area (Å²) in [5, 5.41) is 0. The number of ether oxygens (including phenoxy) is 2. The highest BCUT2D eigenvalue weighted by Crippen LogP contribution is 2.14. The molecule has 1 fully saturated rings. The van der Waals surface area contributed by atoms with Crippen molar-refractivity contribution in [2.24, 2.45) is 11.7 Å². The van der Waals surface area contributed by atoms with Crippen molar-refractivity contribution in [1.29, 1.82) is 0 Å². The van der Waals surface area contributed by atoms with Crippen LogP contribution in [0.3, 0.4) is 0 Å². The zero-order valence-corrected chi connectivity index (χ0v) is 8.34. The number of rotatable bonds is 6. The molecule has 13 heavy (non-hydrogen) atoms. The van der Waals surface area contributed by atoms with Crippen LogP contribution in [0.2, 0.25) is 0 Å². The van der Waals surface area contributed by atoms with Crippen molar-refractivity contribution < 1.29 is 9.47 Å². The van der Waals surface area contributed by atoms with Gasteiger partial charge < -0.3 is 15.2 Å². The van der Waals surface area contributed by atoms with Crippen molar-refractivity contribution >= 4 is 0 Å². The first kappa shape index (κ1) is 11.0. The molecule has 0 aliphatic carbocycles. The van der Waals surface area contributed by atoms with E-state index in [2.05, 4.69) is 0 Å². The molecule has 1 rings (SSSR count). The molecule has 0 aromatic heterocycles. The van der Waals surface area contributed by atoms with Crippen LogP contribution in [0.4, 0.5) is 0 Å². The summed E-state index contributed by atoms with van der Waals surface area (Å²) in [6, 6.07) is 0. The van der Waals surface area contributed by atoms with E-state index in [0.717, 1.165) is 64.6 Å². The molecule has 3 heteroatoms. The van der Waals surface area contributed by atoms with Gasteiger partial charge in [-0.3, -0.25) is 0 Å². The van der Waals surface area contributed by atoms with Gasteiger partial charge in [0.1, 0.15) is 0 Å². The third-order valence-electron chi connectivity index (χ3n) is 2.44. The van der Waals surface area contributed by atoms with Gasteiger partial charge in [0.15, 0.2) is 0 Å². The van der Waals surface area contributed by atoms with Gasteiger partial charge in [0.2, 0.25) is 0 Å². The molecule has 0 amide bonds. The second kappa shape index (κ2) is 7.30. The Bertz CT molecular complexity index is 113. The van der Waals surface area contributed by atoms with Crippen molar-refractivity contribution in [3.8, 4) is 0 Å². The van der Waals surface area contributed by atoms with Crippen molar-refractivity contribution in [1.82, 2.24) is 0 Å². The van der Waals surface area contributed by atoms with Gasteiger partial charge in [-0.15, -0.1) is 0 Å². The predicted molar refractivity (Wildman–Crippen MR) is 52.7 cm³/mol. The average molecular weight is 187 g/mol.